The maximum absolute atomic E-state index is 13.7. The number of carbonyl (C=O) groups is 1. The highest BCUT2D eigenvalue weighted by molar-refractivity contribution is 6.13. The van der Waals surface area contributed by atoms with Crippen molar-refractivity contribution in [2.45, 2.75) is 6.54 Å². The molecule has 0 saturated carbocycles. The number of rotatable bonds is 6. The second-order valence-corrected chi connectivity index (χ2v) is 8.22. The van der Waals surface area contributed by atoms with Crippen molar-refractivity contribution in [2.75, 3.05) is 36.4 Å². The third-order valence-corrected chi connectivity index (χ3v) is 5.96. The first kappa shape index (κ1) is 23.1. The van der Waals surface area contributed by atoms with Gasteiger partial charge in [0.15, 0.2) is 5.82 Å². The van der Waals surface area contributed by atoms with E-state index in [0.717, 1.165) is 11.3 Å². The average molecular weight is 486 g/mol. The highest BCUT2D eigenvalue weighted by atomic mass is 19.1. The molecule has 4 aromatic rings. The van der Waals surface area contributed by atoms with Crippen molar-refractivity contribution in [3.63, 3.8) is 0 Å². The quantitative estimate of drug-likeness (QED) is 0.397. The Hall–Kier alpha value is -4.66. The number of para-hydroxylation sites is 1. The van der Waals surface area contributed by atoms with E-state index in [1.54, 1.807) is 61.7 Å². The van der Waals surface area contributed by atoms with E-state index < -0.39 is 0 Å². The number of amides is 1. The molecule has 2 heterocycles. The number of nitrogens with one attached hydrogen (secondary N) is 1. The van der Waals surface area contributed by atoms with Crippen molar-refractivity contribution in [1.82, 2.24) is 9.97 Å². The van der Waals surface area contributed by atoms with Gasteiger partial charge in [-0.1, -0.05) is 24.3 Å². The van der Waals surface area contributed by atoms with Gasteiger partial charge in [-0.3, -0.25) is 9.69 Å². The molecule has 182 valence electrons. The standard InChI is InChI=1S/C27H24FN5O3/c1-32-23-7-5-4-6-22(23)26(34)33(16-17-8-10-18(28)11-9-17)24-15-29-27(31-25(24)32)30-19-12-20(35-2)14-21(13-19)36-3/h4-15H,16H2,1-3H3,(H,29,30,31). The summed E-state index contributed by atoms with van der Waals surface area (Å²) in [6, 6.07) is 18.8. The molecule has 9 heteroatoms. The summed E-state index contributed by atoms with van der Waals surface area (Å²) in [5.74, 6) is 1.59. The number of hydrogen-bond donors (Lipinski definition) is 1. The van der Waals surface area contributed by atoms with Crippen LogP contribution in [-0.2, 0) is 6.54 Å². The topological polar surface area (TPSA) is 79.8 Å². The lowest BCUT2D eigenvalue weighted by Gasteiger charge is -2.24. The molecule has 36 heavy (non-hydrogen) atoms. The highest BCUT2D eigenvalue weighted by Crippen LogP contribution is 2.39. The van der Waals surface area contributed by atoms with Crippen LogP contribution in [0.4, 0.5) is 33.2 Å². The van der Waals surface area contributed by atoms with Gasteiger partial charge in [-0.25, -0.2) is 9.37 Å². The molecule has 0 fully saturated rings. The van der Waals surface area contributed by atoms with Crippen LogP contribution in [0.2, 0.25) is 0 Å². The number of ether oxygens (including phenoxy) is 2. The summed E-state index contributed by atoms with van der Waals surface area (Å²) >= 11 is 0. The minimum atomic E-state index is -0.334. The lowest BCUT2D eigenvalue weighted by molar-refractivity contribution is 0.0986. The molecule has 0 radical (unpaired) electrons. The van der Waals surface area contributed by atoms with Gasteiger partial charge in [-0.2, -0.15) is 4.98 Å². The molecule has 0 unspecified atom stereocenters. The number of benzene rings is 3. The predicted molar refractivity (Wildman–Crippen MR) is 136 cm³/mol. The van der Waals surface area contributed by atoms with Crippen molar-refractivity contribution >= 4 is 34.7 Å². The number of anilines is 5. The average Bonchev–Trinajstić information content (AvgIpc) is 2.99. The predicted octanol–water partition coefficient (Wildman–Crippen LogP) is 5.30. The van der Waals surface area contributed by atoms with E-state index in [2.05, 4.69) is 10.3 Å². The molecule has 1 amide bonds. The molecular formula is C27H24FN5O3. The summed E-state index contributed by atoms with van der Waals surface area (Å²) in [4.78, 5) is 26.4. The Bertz CT molecular complexity index is 1410. The Labute approximate surface area is 207 Å². The van der Waals surface area contributed by atoms with Crippen LogP contribution < -0.4 is 24.6 Å². The van der Waals surface area contributed by atoms with Crippen molar-refractivity contribution in [2.24, 2.45) is 0 Å². The van der Waals surface area contributed by atoms with Crippen LogP contribution in [0.25, 0.3) is 0 Å². The first-order valence-corrected chi connectivity index (χ1v) is 11.2. The highest BCUT2D eigenvalue weighted by Gasteiger charge is 2.31. The van der Waals surface area contributed by atoms with Crippen LogP contribution >= 0.6 is 0 Å². The minimum Gasteiger partial charge on any atom is -0.497 e. The fourth-order valence-electron chi connectivity index (χ4n) is 4.12. The van der Waals surface area contributed by atoms with Crippen LogP contribution in [0.1, 0.15) is 15.9 Å². The molecule has 1 aromatic heterocycles. The number of nitrogens with zero attached hydrogens (tertiary/aromatic N) is 4. The maximum atomic E-state index is 13.7. The zero-order valence-electron chi connectivity index (χ0n) is 20.0. The van der Waals surface area contributed by atoms with Gasteiger partial charge in [-0.05, 0) is 29.8 Å². The summed E-state index contributed by atoms with van der Waals surface area (Å²) in [6.45, 7) is 0.234. The van der Waals surface area contributed by atoms with Gasteiger partial charge in [0.2, 0.25) is 5.95 Å². The van der Waals surface area contributed by atoms with Crippen molar-refractivity contribution in [3.05, 3.63) is 89.9 Å². The summed E-state index contributed by atoms with van der Waals surface area (Å²) in [5, 5.41) is 3.20. The van der Waals surface area contributed by atoms with Crippen LogP contribution in [0.3, 0.4) is 0 Å². The number of methoxy groups -OCH3 is 2. The second-order valence-electron chi connectivity index (χ2n) is 8.22. The normalized spacial score (nSPS) is 12.5. The third-order valence-electron chi connectivity index (χ3n) is 5.96. The Morgan fingerprint density at radius 1 is 0.944 bits per heavy atom. The third kappa shape index (κ3) is 4.38. The Morgan fingerprint density at radius 3 is 2.33 bits per heavy atom. The number of halogens is 1. The molecule has 1 aliphatic heterocycles. The van der Waals surface area contributed by atoms with Gasteiger partial charge in [0, 0.05) is 30.9 Å². The fourth-order valence-corrected chi connectivity index (χ4v) is 4.12. The number of hydrogen-bond acceptors (Lipinski definition) is 7. The van der Waals surface area contributed by atoms with Crippen molar-refractivity contribution in [1.29, 1.82) is 0 Å². The molecule has 5 rings (SSSR count). The van der Waals surface area contributed by atoms with E-state index in [9.17, 15) is 9.18 Å². The van der Waals surface area contributed by atoms with Crippen molar-refractivity contribution in [3.8, 4) is 11.5 Å². The Kier molecular flexibility index (Phi) is 6.12. The summed E-state index contributed by atoms with van der Waals surface area (Å²) in [5.41, 5.74) is 3.26. The monoisotopic (exact) mass is 485 g/mol. The van der Waals surface area contributed by atoms with E-state index >= 15 is 0 Å². The maximum Gasteiger partial charge on any atom is 0.260 e. The van der Waals surface area contributed by atoms with E-state index in [4.69, 9.17) is 14.5 Å². The lowest BCUT2D eigenvalue weighted by Crippen LogP contribution is -2.30. The van der Waals surface area contributed by atoms with Gasteiger partial charge in [0.25, 0.3) is 5.91 Å². The second kappa shape index (κ2) is 9.53. The van der Waals surface area contributed by atoms with Gasteiger partial charge in [0.05, 0.1) is 38.2 Å². The zero-order chi connectivity index (χ0) is 25.2. The van der Waals surface area contributed by atoms with Crippen LogP contribution in [0, 0.1) is 5.82 Å². The van der Waals surface area contributed by atoms with E-state index in [1.807, 2.05) is 30.1 Å². The van der Waals surface area contributed by atoms with Crippen LogP contribution in [-0.4, -0.2) is 37.1 Å². The molecular weight excluding hydrogens is 461 g/mol. The largest absolute Gasteiger partial charge is 0.497 e. The van der Waals surface area contributed by atoms with Gasteiger partial charge < -0.3 is 19.7 Å². The van der Waals surface area contributed by atoms with Crippen LogP contribution in [0.5, 0.6) is 11.5 Å². The number of fused-ring (bicyclic) bond motifs is 2. The number of carbonyl (C=O) groups excluding carboxylic acids is 1. The molecule has 0 bridgehead atoms. The molecule has 8 nitrogen and oxygen atoms in total. The van der Waals surface area contributed by atoms with Crippen LogP contribution in [0.15, 0.2) is 72.9 Å². The van der Waals surface area contributed by atoms with E-state index in [0.29, 0.717) is 40.2 Å². The molecule has 1 N–H and O–H groups in total. The van der Waals surface area contributed by atoms with Crippen molar-refractivity contribution < 1.29 is 18.7 Å². The summed E-state index contributed by atoms with van der Waals surface area (Å²) in [6.07, 6.45) is 1.62. The SMILES string of the molecule is COc1cc(Nc2ncc3c(n2)N(C)c2ccccc2C(=O)N3Cc2ccc(F)cc2)cc(OC)c1. The summed E-state index contributed by atoms with van der Waals surface area (Å²) in [7, 11) is 5.02. The Morgan fingerprint density at radius 2 is 1.64 bits per heavy atom. The molecule has 3 aromatic carbocycles. The molecule has 0 atom stereocenters. The number of aromatic nitrogens is 2. The first-order valence-electron chi connectivity index (χ1n) is 11.2. The van der Waals surface area contributed by atoms with Gasteiger partial charge in [0.1, 0.15) is 23.0 Å². The molecule has 1 aliphatic rings. The fraction of sp³-hybridized carbons (Fsp3) is 0.148. The minimum absolute atomic E-state index is 0.192. The molecule has 0 saturated heterocycles. The van der Waals surface area contributed by atoms with E-state index in [-0.39, 0.29) is 18.3 Å². The van der Waals surface area contributed by atoms with Gasteiger partial charge >= 0.3 is 0 Å². The Balaban J connectivity index is 1.58. The molecule has 0 spiro atoms. The lowest BCUT2D eigenvalue weighted by atomic mass is 10.1. The zero-order valence-corrected chi connectivity index (χ0v) is 20.0. The molecule has 0 aliphatic carbocycles. The van der Waals surface area contributed by atoms with Gasteiger partial charge in [-0.15, -0.1) is 0 Å². The van der Waals surface area contributed by atoms with E-state index in [1.165, 1.54) is 12.1 Å². The smallest absolute Gasteiger partial charge is 0.260 e. The first-order chi connectivity index (χ1) is 17.5. The summed E-state index contributed by atoms with van der Waals surface area (Å²) < 4.78 is 24.2.